The lowest BCUT2D eigenvalue weighted by molar-refractivity contribution is -0.124. The highest BCUT2D eigenvalue weighted by Gasteiger charge is 2.35. The fourth-order valence-electron chi connectivity index (χ4n) is 3.91. The van der Waals surface area contributed by atoms with Crippen LogP contribution in [0.4, 0.5) is 0 Å². The van der Waals surface area contributed by atoms with E-state index in [4.69, 9.17) is 5.11 Å². The Morgan fingerprint density at radius 1 is 1.43 bits per heavy atom. The number of carbonyl (C=O) groups excluding carboxylic acids is 1. The lowest BCUT2D eigenvalue weighted by atomic mass is 9.98. The summed E-state index contributed by atoms with van der Waals surface area (Å²) in [6.07, 6.45) is 6.78. The average Bonchev–Trinajstić information content (AvgIpc) is 3.20. The Kier molecular flexibility index (Phi) is 5.02. The predicted octanol–water partition coefficient (Wildman–Crippen LogP) is 1.01. The summed E-state index contributed by atoms with van der Waals surface area (Å²) in [5.41, 5.74) is 2.72. The zero-order valence-electron chi connectivity index (χ0n) is 14.2. The fourth-order valence-corrected chi connectivity index (χ4v) is 3.91. The predicted molar refractivity (Wildman–Crippen MR) is 87.9 cm³/mol. The Balaban J connectivity index is 1.65. The van der Waals surface area contributed by atoms with E-state index in [1.54, 1.807) is 0 Å². The summed E-state index contributed by atoms with van der Waals surface area (Å²) in [5.74, 6) is 0.894. The first-order chi connectivity index (χ1) is 11.1. The second-order valence-corrected chi connectivity index (χ2v) is 7.03. The Hall–Kier alpha value is -1.40. The van der Waals surface area contributed by atoms with Crippen LogP contribution in [-0.4, -0.2) is 51.4 Å². The third-order valence-corrected chi connectivity index (χ3v) is 5.09. The van der Waals surface area contributed by atoms with E-state index in [0.29, 0.717) is 11.8 Å². The van der Waals surface area contributed by atoms with Gasteiger partial charge in [0.1, 0.15) is 6.61 Å². The number of aryl methyl sites for hydroxylation is 1. The number of hydrogen-bond acceptors (Lipinski definition) is 4. The van der Waals surface area contributed by atoms with Crippen LogP contribution < -0.4 is 5.32 Å². The largest absolute Gasteiger partial charge is 0.387 e. The Morgan fingerprint density at radius 2 is 2.22 bits per heavy atom. The molecular weight excluding hydrogens is 292 g/mol. The molecule has 6 nitrogen and oxygen atoms in total. The van der Waals surface area contributed by atoms with Gasteiger partial charge in [-0.05, 0) is 25.2 Å². The molecule has 0 unspecified atom stereocenters. The van der Waals surface area contributed by atoms with Gasteiger partial charge in [0.05, 0.1) is 6.20 Å². The maximum absolute atomic E-state index is 11.5. The topological polar surface area (TPSA) is 70.4 Å². The van der Waals surface area contributed by atoms with E-state index in [1.807, 2.05) is 17.9 Å². The maximum atomic E-state index is 11.5. The lowest BCUT2D eigenvalue weighted by Crippen LogP contribution is -2.41. The lowest BCUT2D eigenvalue weighted by Gasteiger charge is -2.18. The van der Waals surface area contributed by atoms with Crippen molar-refractivity contribution in [3.05, 3.63) is 17.5 Å². The Bertz CT molecular complexity index is 553. The van der Waals surface area contributed by atoms with E-state index in [0.717, 1.165) is 32.5 Å². The molecule has 3 rings (SSSR count). The van der Waals surface area contributed by atoms with Gasteiger partial charge in [0, 0.05) is 49.9 Å². The summed E-state index contributed by atoms with van der Waals surface area (Å²) in [6.45, 7) is 4.52. The molecule has 128 valence electrons. The fraction of sp³-hybridized carbons (Fsp3) is 0.765. The van der Waals surface area contributed by atoms with E-state index >= 15 is 0 Å². The number of rotatable bonds is 7. The molecule has 1 saturated carbocycles. The standard InChI is InChI=1S/C17H28N4O2/c1-3-4-13-8-21(10-15(13)19-16(23)11-22)9-14-7-18-20(2)17(14)12-5-6-12/h7,12-13,15,22H,3-6,8-11H2,1-2H3,(H,19,23)/t13-,15-/m1/s1. The van der Waals surface area contributed by atoms with Crippen LogP contribution in [0, 0.1) is 5.92 Å². The molecule has 0 bridgehead atoms. The smallest absolute Gasteiger partial charge is 0.245 e. The second-order valence-electron chi connectivity index (χ2n) is 7.03. The van der Waals surface area contributed by atoms with Crippen LogP contribution >= 0.6 is 0 Å². The van der Waals surface area contributed by atoms with Crippen LogP contribution in [-0.2, 0) is 18.4 Å². The van der Waals surface area contributed by atoms with Crippen LogP contribution in [0.15, 0.2) is 6.20 Å². The number of aliphatic hydroxyl groups excluding tert-OH is 1. The zero-order valence-corrected chi connectivity index (χ0v) is 14.2. The minimum Gasteiger partial charge on any atom is -0.387 e. The summed E-state index contributed by atoms with van der Waals surface area (Å²) in [6, 6.07) is 0.149. The SMILES string of the molecule is CCC[C@@H]1CN(Cc2cnn(C)c2C2CC2)C[C@H]1NC(=O)CO. The molecule has 2 heterocycles. The first-order valence-corrected chi connectivity index (χ1v) is 8.75. The second kappa shape index (κ2) is 7.01. The number of aliphatic hydroxyl groups is 1. The number of nitrogens with one attached hydrogen (secondary N) is 1. The minimum atomic E-state index is -0.427. The van der Waals surface area contributed by atoms with E-state index < -0.39 is 6.61 Å². The molecule has 0 spiro atoms. The van der Waals surface area contributed by atoms with Crippen LogP contribution in [0.25, 0.3) is 0 Å². The van der Waals surface area contributed by atoms with Gasteiger partial charge in [-0.25, -0.2) is 0 Å². The molecule has 1 aliphatic heterocycles. The number of nitrogens with zero attached hydrogens (tertiary/aromatic N) is 3. The molecule has 2 fully saturated rings. The maximum Gasteiger partial charge on any atom is 0.245 e. The monoisotopic (exact) mass is 320 g/mol. The molecule has 1 aliphatic carbocycles. The highest BCUT2D eigenvalue weighted by Crippen LogP contribution is 2.41. The summed E-state index contributed by atoms with van der Waals surface area (Å²) < 4.78 is 2.03. The van der Waals surface area contributed by atoms with Gasteiger partial charge in [0.25, 0.3) is 0 Å². The van der Waals surface area contributed by atoms with E-state index in [2.05, 4.69) is 22.2 Å². The van der Waals surface area contributed by atoms with Gasteiger partial charge in [0.15, 0.2) is 0 Å². The number of amides is 1. The number of aromatic nitrogens is 2. The quantitative estimate of drug-likeness (QED) is 0.786. The van der Waals surface area contributed by atoms with E-state index in [9.17, 15) is 4.79 Å². The molecule has 1 aromatic rings. The number of likely N-dealkylation sites (tertiary alicyclic amines) is 1. The summed E-state index contributed by atoms with van der Waals surface area (Å²) in [4.78, 5) is 14.0. The van der Waals surface area contributed by atoms with Crippen molar-refractivity contribution in [3.63, 3.8) is 0 Å². The highest BCUT2D eigenvalue weighted by atomic mass is 16.3. The zero-order chi connectivity index (χ0) is 16.4. The summed E-state index contributed by atoms with van der Waals surface area (Å²) >= 11 is 0. The molecule has 2 N–H and O–H groups in total. The van der Waals surface area contributed by atoms with Gasteiger partial charge in [-0.2, -0.15) is 5.10 Å². The summed E-state index contributed by atoms with van der Waals surface area (Å²) in [5, 5.41) is 16.4. The number of hydrogen-bond donors (Lipinski definition) is 2. The average molecular weight is 320 g/mol. The Morgan fingerprint density at radius 3 is 2.87 bits per heavy atom. The van der Waals surface area contributed by atoms with Crippen molar-refractivity contribution in [1.29, 1.82) is 0 Å². The molecule has 2 atom stereocenters. The van der Waals surface area contributed by atoms with Gasteiger partial charge in [-0.15, -0.1) is 0 Å². The van der Waals surface area contributed by atoms with Gasteiger partial charge >= 0.3 is 0 Å². The molecular formula is C17H28N4O2. The highest BCUT2D eigenvalue weighted by molar-refractivity contribution is 5.77. The first-order valence-electron chi connectivity index (χ1n) is 8.75. The molecule has 23 heavy (non-hydrogen) atoms. The Labute approximate surface area is 137 Å². The molecule has 6 heteroatoms. The van der Waals surface area contributed by atoms with Crippen molar-refractivity contribution >= 4 is 5.91 Å². The third-order valence-electron chi connectivity index (χ3n) is 5.09. The van der Waals surface area contributed by atoms with Gasteiger partial charge < -0.3 is 10.4 Å². The minimum absolute atomic E-state index is 0.149. The molecule has 1 amide bonds. The third kappa shape index (κ3) is 3.75. The molecule has 1 saturated heterocycles. The van der Waals surface area contributed by atoms with Crippen molar-refractivity contribution in [1.82, 2.24) is 20.0 Å². The van der Waals surface area contributed by atoms with Crippen molar-refractivity contribution < 1.29 is 9.90 Å². The van der Waals surface area contributed by atoms with E-state index in [1.165, 1.54) is 24.1 Å². The summed E-state index contributed by atoms with van der Waals surface area (Å²) in [7, 11) is 2.03. The molecule has 0 radical (unpaired) electrons. The normalized spacial score (nSPS) is 25.0. The van der Waals surface area contributed by atoms with Crippen molar-refractivity contribution in [3.8, 4) is 0 Å². The van der Waals surface area contributed by atoms with Crippen molar-refractivity contribution in [2.75, 3.05) is 19.7 Å². The number of carbonyl (C=O) groups is 1. The molecule has 1 aromatic heterocycles. The van der Waals surface area contributed by atoms with E-state index in [-0.39, 0.29) is 11.9 Å². The first kappa shape index (κ1) is 16.5. The van der Waals surface area contributed by atoms with Crippen LogP contribution in [0.5, 0.6) is 0 Å². The van der Waals surface area contributed by atoms with Crippen LogP contribution in [0.2, 0.25) is 0 Å². The molecule has 0 aromatic carbocycles. The van der Waals surface area contributed by atoms with Crippen molar-refractivity contribution in [2.45, 2.75) is 51.1 Å². The van der Waals surface area contributed by atoms with Crippen LogP contribution in [0.3, 0.4) is 0 Å². The van der Waals surface area contributed by atoms with Crippen molar-refractivity contribution in [2.24, 2.45) is 13.0 Å². The van der Waals surface area contributed by atoms with Gasteiger partial charge in [-0.3, -0.25) is 14.4 Å². The van der Waals surface area contributed by atoms with Gasteiger partial charge in [0.2, 0.25) is 5.91 Å². The molecule has 2 aliphatic rings. The van der Waals surface area contributed by atoms with Gasteiger partial charge in [-0.1, -0.05) is 13.3 Å². The van der Waals surface area contributed by atoms with Crippen LogP contribution in [0.1, 0.15) is 49.8 Å².